The van der Waals surface area contributed by atoms with Gasteiger partial charge in [-0.2, -0.15) is 0 Å². The van der Waals surface area contributed by atoms with Gasteiger partial charge in [0.25, 0.3) is 0 Å². The maximum absolute atomic E-state index is 10.4. The number of nitrogens with zero attached hydrogens (tertiary/aromatic N) is 1. The highest BCUT2D eigenvalue weighted by molar-refractivity contribution is 7.85. The molecule has 0 bridgehead atoms. The summed E-state index contributed by atoms with van der Waals surface area (Å²) in [5, 5.41) is 0. The molecule has 0 aliphatic carbocycles. The Morgan fingerprint density at radius 2 is 1.77 bits per heavy atom. The Morgan fingerprint density at radius 3 is 2.35 bits per heavy atom. The molecule has 3 rings (SSSR count). The van der Waals surface area contributed by atoms with Crippen LogP contribution >= 0.6 is 0 Å². The Hall–Kier alpha value is -2.35. The summed E-state index contributed by atoms with van der Waals surface area (Å²) in [5.41, 5.74) is 1.86. The number of rotatable bonds is 4. The SMILES string of the molecule is Cc1ccc(S(=O)(=O)[O-])cc1.[SH2+]c1cccc(OCc2ccccn2)c1. The second-order valence-corrected chi connectivity index (χ2v) is 7.36. The predicted octanol–water partition coefficient (Wildman–Crippen LogP) is 2.93. The molecule has 0 spiro atoms. The Kier molecular flexibility index (Phi) is 7.20. The first-order chi connectivity index (χ1) is 12.3. The average molecular weight is 389 g/mol. The topological polar surface area (TPSA) is 79.3 Å². The summed E-state index contributed by atoms with van der Waals surface area (Å²) in [7, 11) is -4.27. The standard InChI is InChI=1S/C12H11NOS.C7H8O3S/c15-12-6-3-5-11(8-12)14-9-10-4-1-2-7-13-10;1-6-2-4-7(5-3-6)11(8,9)10/h1-8,15H,9H2;2-5H,1H3,(H,8,9,10). The molecule has 7 heteroatoms. The van der Waals surface area contributed by atoms with E-state index in [-0.39, 0.29) is 4.90 Å². The van der Waals surface area contributed by atoms with E-state index >= 15 is 0 Å². The zero-order chi connectivity index (χ0) is 19.0. The van der Waals surface area contributed by atoms with E-state index < -0.39 is 10.1 Å². The molecule has 0 saturated heterocycles. The number of benzene rings is 2. The summed E-state index contributed by atoms with van der Waals surface area (Å²) in [6, 6.07) is 19.3. The van der Waals surface area contributed by atoms with Crippen molar-refractivity contribution in [1.82, 2.24) is 4.98 Å². The lowest BCUT2D eigenvalue weighted by Gasteiger charge is -2.05. The van der Waals surface area contributed by atoms with E-state index in [1.165, 1.54) is 12.1 Å². The van der Waals surface area contributed by atoms with Crippen molar-refractivity contribution < 1.29 is 17.7 Å². The van der Waals surface area contributed by atoms with Crippen LogP contribution in [0.3, 0.4) is 0 Å². The van der Waals surface area contributed by atoms with Crippen LogP contribution in [0.15, 0.2) is 82.7 Å². The smallest absolute Gasteiger partial charge is 0.154 e. The minimum Gasteiger partial charge on any atom is -0.744 e. The third kappa shape index (κ3) is 6.87. The molecular weight excluding hydrogens is 370 g/mol. The Balaban J connectivity index is 0.000000197. The molecule has 3 aromatic rings. The van der Waals surface area contributed by atoms with Gasteiger partial charge in [0.1, 0.15) is 22.5 Å². The minimum absolute atomic E-state index is 0.178. The molecule has 5 nitrogen and oxygen atoms in total. The van der Waals surface area contributed by atoms with Crippen molar-refractivity contribution >= 4 is 22.7 Å². The first-order valence-electron chi connectivity index (χ1n) is 7.71. The second-order valence-electron chi connectivity index (χ2n) is 5.40. The van der Waals surface area contributed by atoms with Gasteiger partial charge in [-0.3, -0.25) is 4.98 Å². The molecule has 0 aliphatic rings. The fraction of sp³-hybridized carbons (Fsp3) is 0.105. The lowest BCUT2D eigenvalue weighted by Crippen LogP contribution is -1.97. The molecule has 136 valence electrons. The monoisotopic (exact) mass is 389 g/mol. The van der Waals surface area contributed by atoms with Crippen LogP contribution in [0.25, 0.3) is 0 Å². The van der Waals surface area contributed by atoms with E-state index in [0.29, 0.717) is 6.61 Å². The fourth-order valence-electron chi connectivity index (χ4n) is 1.93. The van der Waals surface area contributed by atoms with Gasteiger partial charge < -0.3 is 9.29 Å². The fourth-order valence-corrected chi connectivity index (χ4v) is 2.64. The summed E-state index contributed by atoms with van der Waals surface area (Å²) >= 11 is 3.44. The molecule has 1 heterocycles. The van der Waals surface area contributed by atoms with E-state index in [9.17, 15) is 13.0 Å². The van der Waals surface area contributed by atoms with Gasteiger partial charge in [0.15, 0.2) is 4.90 Å². The molecule has 0 saturated carbocycles. The van der Waals surface area contributed by atoms with E-state index in [0.717, 1.165) is 21.9 Å². The molecular formula is C19H19NO4S2. The zero-order valence-corrected chi connectivity index (χ0v) is 15.9. The highest BCUT2D eigenvalue weighted by Crippen LogP contribution is 2.14. The largest absolute Gasteiger partial charge is 0.744 e. The summed E-state index contributed by atoms with van der Waals surface area (Å²) in [6.07, 6.45) is 1.76. The van der Waals surface area contributed by atoms with Crippen molar-refractivity contribution in [3.8, 4) is 5.75 Å². The van der Waals surface area contributed by atoms with Crippen molar-refractivity contribution in [2.75, 3.05) is 0 Å². The highest BCUT2D eigenvalue weighted by Gasteiger charge is 1.99. The minimum atomic E-state index is -4.27. The van der Waals surface area contributed by atoms with Crippen LogP contribution in [0.1, 0.15) is 11.3 Å². The van der Waals surface area contributed by atoms with Gasteiger partial charge in [-0.05, 0) is 56.0 Å². The Labute approximate surface area is 158 Å². The highest BCUT2D eigenvalue weighted by atomic mass is 32.2. The van der Waals surface area contributed by atoms with Gasteiger partial charge in [-0.15, -0.1) is 0 Å². The number of hydrogen-bond donors (Lipinski definition) is 0. The Bertz CT molecular complexity index is 927. The molecule has 0 unspecified atom stereocenters. The molecule has 2 aromatic carbocycles. The van der Waals surface area contributed by atoms with Crippen LogP contribution in [0.4, 0.5) is 0 Å². The quantitative estimate of drug-likeness (QED) is 0.506. The van der Waals surface area contributed by atoms with Crippen molar-refractivity contribution in [2.24, 2.45) is 0 Å². The van der Waals surface area contributed by atoms with Crippen LogP contribution in [-0.2, 0) is 29.4 Å². The van der Waals surface area contributed by atoms with Gasteiger partial charge >= 0.3 is 0 Å². The molecule has 1 aromatic heterocycles. The lowest BCUT2D eigenvalue weighted by molar-refractivity contribution is 0.300. The maximum atomic E-state index is 10.4. The van der Waals surface area contributed by atoms with Crippen LogP contribution in [0.5, 0.6) is 5.75 Å². The number of aryl methyl sites for hydroxylation is 1. The van der Waals surface area contributed by atoms with Gasteiger partial charge in [-0.1, -0.05) is 29.8 Å². The van der Waals surface area contributed by atoms with E-state index in [1.807, 2.05) is 49.4 Å². The van der Waals surface area contributed by atoms with E-state index in [2.05, 4.69) is 17.6 Å². The lowest BCUT2D eigenvalue weighted by atomic mass is 10.2. The van der Waals surface area contributed by atoms with Crippen molar-refractivity contribution in [3.05, 3.63) is 84.2 Å². The Morgan fingerprint density at radius 1 is 1.04 bits per heavy atom. The zero-order valence-electron chi connectivity index (χ0n) is 14.1. The summed E-state index contributed by atoms with van der Waals surface area (Å²) in [5.74, 6) is 0.841. The molecule has 0 fully saturated rings. The number of aromatic nitrogens is 1. The van der Waals surface area contributed by atoms with Crippen molar-refractivity contribution in [3.63, 3.8) is 0 Å². The van der Waals surface area contributed by atoms with Gasteiger partial charge in [0.05, 0.1) is 10.6 Å². The van der Waals surface area contributed by atoms with Crippen LogP contribution < -0.4 is 4.74 Å². The molecule has 0 N–H and O–H groups in total. The first-order valence-corrected chi connectivity index (χ1v) is 9.62. The number of pyridine rings is 1. The summed E-state index contributed by atoms with van der Waals surface area (Å²) in [6.45, 7) is 2.32. The van der Waals surface area contributed by atoms with Gasteiger partial charge in [0, 0.05) is 12.3 Å². The van der Waals surface area contributed by atoms with Gasteiger partial charge in [0.2, 0.25) is 0 Å². The van der Waals surface area contributed by atoms with Crippen molar-refractivity contribution in [1.29, 1.82) is 0 Å². The summed E-state index contributed by atoms with van der Waals surface area (Å²) < 4.78 is 36.7. The molecule has 0 atom stereocenters. The average Bonchev–Trinajstić information content (AvgIpc) is 2.61. The summed E-state index contributed by atoms with van der Waals surface area (Å²) in [4.78, 5) is 5.01. The molecule has 0 radical (unpaired) electrons. The third-order valence-electron chi connectivity index (χ3n) is 3.26. The molecule has 0 aliphatic heterocycles. The third-order valence-corrected chi connectivity index (χ3v) is 4.42. The normalized spacial score (nSPS) is 10.6. The first kappa shape index (κ1) is 20.0. The van der Waals surface area contributed by atoms with Crippen LogP contribution in [0, 0.1) is 6.92 Å². The molecule has 0 amide bonds. The van der Waals surface area contributed by atoms with Crippen LogP contribution in [-0.4, -0.2) is 18.0 Å². The van der Waals surface area contributed by atoms with Crippen molar-refractivity contribution in [2.45, 2.75) is 23.3 Å². The van der Waals surface area contributed by atoms with E-state index in [1.54, 1.807) is 18.3 Å². The second kappa shape index (κ2) is 9.38. The van der Waals surface area contributed by atoms with E-state index in [4.69, 9.17) is 4.74 Å². The number of hydrogen-bond acceptors (Lipinski definition) is 5. The number of ether oxygens (including phenoxy) is 1. The van der Waals surface area contributed by atoms with Gasteiger partial charge in [-0.25, -0.2) is 8.42 Å². The predicted molar refractivity (Wildman–Crippen MR) is 103 cm³/mol. The molecule has 26 heavy (non-hydrogen) atoms. The maximum Gasteiger partial charge on any atom is 0.154 e. The van der Waals surface area contributed by atoms with Crippen LogP contribution in [0.2, 0.25) is 0 Å².